The van der Waals surface area contributed by atoms with E-state index in [9.17, 15) is 22.8 Å². The number of hydrogen-bond acceptors (Lipinski definition) is 7. The van der Waals surface area contributed by atoms with Crippen molar-refractivity contribution in [2.24, 2.45) is 0 Å². The SMILES string of the molecule is COc1cc(Nc2ncc(OCc3c(F)c(F)cc(F)c3F)cn2)ccc1N1CC[N+](C)(O)CC1. The summed E-state index contributed by atoms with van der Waals surface area (Å²) in [6.07, 6.45) is 2.51. The van der Waals surface area contributed by atoms with E-state index >= 15 is 0 Å². The molecule has 1 fully saturated rings. The first-order valence-electron chi connectivity index (χ1n) is 10.7. The average Bonchev–Trinajstić information content (AvgIpc) is 2.84. The zero-order valence-electron chi connectivity index (χ0n) is 19.1. The van der Waals surface area contributed by atoms with Crippen LogP contribution in [0.1, 0.15) is 5.56 Å². The lowest BCUT2D eigenvalue weighted by Gasteiger charge is -2.37. The molecule has 0 bridgehead atoms. The van der Waals surface area contributed by atoms with Crippen molar-refractivity contribution < 1.29 is 36.9 Å². The van der Waals surface area contributed by atoms with Crippen molar-refractivity contribution in [1.29, 1.82) is 0 Å². The fourth-order valence-electron chi connectivity index (χ4n) is 3.64. The maximum absolute atomic E-state index is 13.8. The lowest BCUT2D eigenvalue weighted by molar-refractivity contribution is -1.09. The van der Waals surface area contributed by atoms with Gasteiger partial charge in [-0.25, -0.2) is 32.7 Å². The maximum Gasteiger partial charge on any atom is 0.227 e. The molecule has 12 heteroatoms. The lowest BCUT2D eigenvalue weighted by Crippen LogP contribution is -2.55. The molecule has 1 aromatic heterocycles. The minimum absolute atomic E-state index is 0.0154. The number of hydrogen-bond donors (Lipinski definition) is 2. The van der Waals surface area contributed by atoms with E-state index < -0.39 is 35.4 Å². The number of rotatable bonds is 7. The van der Waals surface area contributed by atoms with Crippen LogP contribution < -0.4 is 19.7 Å². The number of anilines is 3. The Morgan fingerprint density at radius 3 is 2.26 bits per heavy atom. The van der Waals surface area contributed by atoms with Crippen LogP contribution in [0.15, 0.2) is 36.7 Å². The summed E-state index contributed by atoms with van der Waals surface area (Å²) in [7, 11) is 3.34. The Balaban J connectivity index is 1.41. The van der Waals surface area contributed by atoms with Gasteiger partial charge >= 0.3 is 0 Å². The van der Waals surface area contributed by atoms with Gasteiger partial charge in [-0.3, -0.25) is 0 Å². The number of piperazine rings is 1. The first-order chi connectivity index (χ1) is 16.7. The van der Waals surface area contributed by atoms with Crippen LogP contribution in [0.3, 0.4) is 0 Å². The van der Waals surface area contributed by atoms with Crippen LogP contribution in [-0.2, 0) is 6.61 Å². The number of methoxy groups -OCH3 is 1. The van der Waals surface area contributed by atoms with Gasteiger partial charge in [0.1, 0.15) is 25.4 Å². The third-order valence-corrected chi connectivity index (χ3v) is 5.69. The number of aromatic nitrogens is 2. The first kappa shape index (κ1) is 24.5. The average molecular weight is 494 g/mol. The largest absolute Gasteiger partial charge is 0.495 e. The Bertz CT molecular complexity index is 1170. The van der Waals surface area contributed by atoms with Gasteiger partial charge < -0.3 is 19.7 Å². The van der Waals surface area contributed by atoms with Crippen LogP contribution in [0, 0.1) is 23.3 Å². The monoisotopic (exact) mass is 494 g/mol. The Morgan fingerprint density at radius 1 is 1.03 bits per heavy atom. The molecule has 3 aromatic rings. The van der Waals surface area contributed by atoms with Crippen molar-refractivity contribution in [2.75, 3.05) is 50.6 Å². The van der Waals surface area contributed by atoms with Crippen LogP contribution in [0.5, 0.6) is 11.5 Å². The summed E-state index contributed by atoms with van der Waals surface area (Å²) in [5.41, 5.74) is 0.683. The van der Waals surface area contributed by atoms with Crippen molar-refractivity contribution in [2.45, 2.75) is 6.61 Å². The topological polar surface area (TPSA) is 79.7 Å². The number of benzene rings is 2. The molecule has 0 aliphatic carbocycles. The summed E-state index contributed by atoms with van der Waals surface area (Å²) in [6, 6.07) is 5.65. The molecule has 1 aliphatic heterocycles. The van der Waals surface area contributed by atoms with E-state index in [1.54, 1.807) is 20.2 Å². The van der Waals surface area contributed by atoms with Gasteiger partial charge in [-0.1, -0.05) is 0 Å². The number of ether oxygens (including phenoxy) is 2. The highest BCUT2D eigenvalue weighted by Crippen LogP contribution is 2.33. The predicted molar refractivity (Wildman–Crippen MR) is 119 cm³/mol. The second kappa shape index (κ2) is 9.92. The normalized spacial score (nSPS) is 15.1. The fraction of sp³-hybridized carbons (Fsp3) is 0.304. The highest BCUT2D eigenvalue weighted by Gasteiger charge is 2.28. The van der Waals surface area contributed by atoms with Gasteiger partial charge in [0.15, 0.2) is 29.0 Å². The molecule has 2 N–H and O–H groups in total. The van der Waals surface area contributed by atoms with Gasteiger partial charge in [-0.15, -0.1) is 0 Å². The van der Waals surface area contributed by atoms with Crippen molar-refractivity contribution in [3.05, 3.63) is 65.5 Å². The zero-order valence-corrected chi connectivity index (χ0v) is 19.1. The maximum atomic E-state index is 13.8. The minimum atomic E-state index is -1.52. The summed E-state index contributed by atoms with van der Waals surface area (Å²) < 4.78 is 64.9. The predicted octanol–water partition coefficient (Wildman–Crippen LogP) is 4.02. The number of halogens is 4. The summed E-state index contributed by atoms with van der Waals surface area (Å²) in [4.78, 5) is 10.3. The highest BCUT2D eigenvalue weighted by molar-refractivity contribution is 5.67. The first-order valence-corrected chi connectivity index (χ1v) is 10.7. The Hall–Kier alpha value is -3.64. The molecule has 1 saturated heterocycles. The van der Waals surface area contributed by atoms with Gasteiger partial charge in [0.2, 0.25) is 5.95 Å². The van der Waals surface area contributed by atoms with Crippen LogP contribution in [-0.4, -0.2) is 60.2 Å². The van der Waals surface area contributed by atoms with Crippen molar-refractivity contribution >= 4 is 17.3 Å². The molecular weight excluding hydrogens is 470 g/mol. The number of nitrogens with one attached hydrogen (secondary N) is 1. The molecule has 1 aliphatic rings. The van der Waals surface area contributed by atoms with Crippen LogP contribution in [0.2, 0.25) is 0 Å². The molecular formula is C23H24F4N5O3+. The third kappa shape index (κ3) is 5.54. The third-order valence-electron chi connectivity index (χ3n) is 5.69. The van der Waals surface area contributed by atoms with E-state index in [2.05, 4.69) is 20.2 Å². The van der Waals surface area contributed by atoms with Crippen molar-refractivity contribution in [3.8, 4) is 11.5 Å². The van der Waals surface area contributed by atoms with E-state index in [1.807, 2.05) is 12.1 Å². The van der Waals surface area contributed by atoms with Crippen LogP contribution in [0.4, 0.5) is 34.9 Å². The van der Waals surface area contributed by atoms with Gasteiger partial charge in [0, 0.05) is 17.8 Å². The molecule has 0 unspecified atom stereocenters. The Kier molecular flexibility index (Phi) is 6.94. The van der Waals surface area contributed by atoms with Crippen LogP contribution in [0.25, 0.3) is 0 Å². The Labute approximate surface area is 198 Å². The van der Waals surface area contributed by atoms with E-state index in [0.29, 0.717) is 37.6 Å². The molecule has 2 heterocycles. The van der Waals surface area contributed by atoms with Gasteiger partial charge in [0.25, 0.3) is 0 Å². The number of likely N-dealkylation sites (N-methyl/N-ethyl adjacent to an activating group) is 1. The van der Waals surface area contributed by atoms with Gasteiger partial charge in [0.05, 0.1) is 50.9 Å². The lowest BCUT2D eigenvalue weighted by atomic mass is 10.2. The molecule has 0 atom stereocenters. The summed E-state index contributed by atoms with van der Waals surface area (Å²) >= 11 is 0. The number of quaternary nitrogens is 1. The standard InChI is InChI=1S/C23H24F4N5O3/c1-32(33)7-5-31(6-8-32)19-4-3-14(9-20(19)34-2)30-23-28-11-15(12-29-23)35-13-16-21(26)17(24)10-18(25)22(16)27/h3-4,9-12,33H,5-8,13H2,1-2H3,(H,28,29,30)/q+1. The molecule has 0 radical (unpaired) electrons. The van der Waals surface area contributed by atoms with E-state index in [0.717, 1.165) is 5.69 Å². The van der Waals surface area contributed by atoms with Gasteiger partial charge in [-0.2, -0.15) is 4.65 Å². The smallest absolute Gasteiger partial charge is 0.227 e. The van der Waals surface area contributed by atoms with Gasteiger partial charge in [-0.05, 0) is 12.1 Å². The minimum Gasteiger partial charge on any atom is -0.495 e. The summed E-state index contributed by atoms with van der Waals surface area (Å²) in [5, 5.41) is 13.1. The second-order valence-corrected chi connectivity index (χ2v) is 8.26. The zero-order chi connectivity index (χ0) is 25.2. The number of nitrogens with zero attached hydrogens (tertiary/aromatic N) is 4. The summed E-state index contributed by atoms with van der Waals surface area (Å²) in [5.74, 6) is -5.16. The summed E-state index contributed by atoms with van der Waals surface area (Å²) in [6.45, 7) is 1.80. The molecule has 186 valence electrons. The molecule has 0 amide bonds. The molecule has 4 rings (SSSR count). The molecule has 35 heavy (non-hydrogen) atoms. The molecule has 2 aromatic carbocycles. The second-order valence-electron chi connectivity index (χ2n) is 8.26. The Morgan fingerprint density at radius 2 is 1.66 bits per heavy atom. The van der Waals surface area contributed by atoms with E-state index in [4.69, 9.17) is 9.47 Å². The van der Waals surface area contributed by atoms with Crippen molar-refractivity contribution in [3.63, 3.8) is 0 Å². The number of hydroxylamine groups is 3. The van der Waals surface area contributed by atoms with E-state index in [-0.39, 0.29) is 22.4 Å². The molecule has 8 nitrogen and oxygen atoms in total. The quantitative estimate of drug-likeness (QED) is 0.292. The molecule has 0 saturated carbocycles. The van der Waals surface area contributed by atoms with E-state index in [1.165, 1.54) is 12.4 Å². The van der Waals surface area contributed by atoms with Crippen molar-refractivity contribution in [1.82, 2.24) is 9.97 Å². The fourth-order valence-corrected chi connectivity index (χ4v) is 3.64. The molecule has 0 spiro atoms. The highest BCUT2D eigenvalue weighted by atomic mass is 19.2. The van der Waals surface area contributed by atoms with Crippen LogP contribution >= 0.6 is 0 Å².